The van der Waals surface area contributed by atoms with Gasteiger partial charge in [0.15, 0.2) is 0 Å². The van der Waals surface area contributed by atoms with E-state index >= 15 is 0 Å². The third-order valence-electron chi connectivity index (χ3n) is 4.10. The van der Waals surface area contributed by atoms with Gasteiger partial charge >= 0.3 is 5.97 Å². The molecule has 4 unspecified atom stereocenters. The van der Waals surface area contributed by atoms with E-state index in [1.54, 1.807) is 6.20 Å². The van der Waals surface area contributed by atoms with Crippen LogP contribution in [0.15, 0.2) is 24.4 Å². The highest BCUT2D eigenvalue weighted by atomic mass is 16.4. The van der Waals surface area contributed by atoms with Crippen LogP contribution in [0.4, 0.5) is 0 Å². The minimum absolute atomic E-state index is 0.0169. The van der Waals surface area contributed by atoms with Crippen molar-refractivity contribution in [2.24, 2.45) is 11.8 Å². The number of aliphatic carboxylic acids is 1. The van der Waals surface area contributed by atoms with E-state index in [4.69, 9.17) is 0 Å². The molecule has 1 saturated heterocycles. The van der Waals surface area contributed by atoms with Crippen LogP contribution in [0.3, 0.4) is 0 Å². The second kappa shape index (κ2) is 4.66. The first-order valence-corrected chi connectivity index (χ1v) is 6.42. The summed E-state index contributed by atoms with van der Waals surface area (Å²) in [7, 11) is 0. The molecule has 18 heavy (non-hydrogen) atoms. The smallest absolute Gasteiger partial charge is 0.308 e. The number of nitrogens with zero attached hydrogens (tertiary/aromatic N) is 1. The molecule has 1 aliphatic heterocycles. The van der Waals surface area contributed by atoms with Gasteiger partial charge in [-0.25, -0.2) is 5.43 Å². The van der Waals surface area contributed by atoms with E-state index in [1.807, 2.05) is 18.2 Å². The molecule has 2 heterocycles. The fourth-order valence-electron chi connectivity index (χ4n) is 3.24. The fourth-order valence-corrected chi connectivity index (χ4v) is 3.24. The van der Waals surface area contributed by atoms with Crippen LogP contribution >= 0.6 is 0 Å². The van der Waals surface area contributed by atoms with Crippen molar-refractivity contribution in [1.29, 1.82) is 0 Å². The lowest BCUT2D eigenvalue weighted by Gasteiger charge is -2.31. The van der Waals surface area contributed by atoms with Crippen LogP contribution in [0.25, 0.3) is 0 Å². The van der Waals surface area contributed by atoms with Gasteiger partial charge < -0.3 is 5.11 Å². The Morgan fingerprint density at radius 3 is 2.94 bits per heavy atom. The number of carboxylic acids is 1. The molecule has 2 fully saturated rings. The van der Waals surface area contributed by atoms with Crippen LogP contribution in [0.5, 0.6) is 0 Å². The summed E-state index contributed by atoms with van der Waals surface area (Å²) in [5.41, 5.74) is 7.38. The van der Waals surface area contributed by atoms with Gasteiger partial charge in [-0.3, -0.25) is 15.2 Å². The van der Waals surface area contributed by atoms with E-state index in [9.17, 15) is 9.90 Å². The molecule has 5 heteroatoms. The molecule has 2 aliphatic rings. The monoisotopic (exact) mass is 247 g/mol. The standard InChI is InChI=1S/C13H17N3O2/c17-13(18)9-5-3-4-8-11(9)15-16-12(8)10-6-1-2-7-14-10/h1-2,6-9,11-12,15-16H,3-5H2,(H,17,18). The first-order valence-electron chi connectivity index (χ1n) is 6.42. The zero-order valence-electron chi connectivity index (χ0n) is 10.0. The quantitative estimate of drug-likeness (QED) is 0.729. The van der Waals surface area contributed by atoms with Crippen molar-refractivity contribution in [2.45, 2.75) is 31.3 Å². The van der Waals surface area contributed by atoms with Gasteiger partial charge in [0.05, 0.1) is 17.7 Å². The van der Waals surface area contributed by atoms with Gasteiger partial charge in [0, 0.05) is 12.2 Å². The summed E-state index contributed by atoms with van der Waals surface area (Å²) in [6.45, 7) is 0. The Kier molecular flexibility index (Phi) is 3.01. The molecule has 0 bridgehead atoms. The van der Waals surface area contributed by atoms with Crippen molar-refractivity contribution in [3.05, 3.63) is 30.1 Å². The van der Waals surface area contributed by atoms with Gasteiger partial charge in [-0.05, 0) is 30.9 Å². The summed E-state index contributed by atoms with van der Waals surface area (Å²) in [6.07, 6.45) is 4.57. The van der Waals surface area contributed by atoms with E-state index in [0.717, 1.165) is 25.0 Å². The van der Waals surface area contributed by atoms with Crippen molar-refractivity contribution in [2.75, 3.05) is 0 Å². The summed E-state index contributed by atoms with van der Waals surface area (Å²) in [4.78, 5) is 15.6. The third-order valence-corrected chi connectivity index (χ3v) is 4.10. The Morgan fingerprint density at radius 2 is 2.22 bits per heavy atom. The SMILES string of the molecule is O=C(O)C1CCCC2C(c3ccccn3)NNC12. The Balaban J connectivity index is 1.83. The molecule has 0 aromatic carbocycles. The minimum atomic E-state index is -0.694. The molecule has 3 N–H and O–H groups in total. The highest BCUT2D eigenvalue weighted by Crippen LogP contribution is 2.39. The molecule has 1 aromatic rings. The molecular weight excluding hydrogens is 230 g/mol. The molecule has 0 radical (unpaired) electrons. The Bertz CT molecular complexity index is 437. The van der Waals surface area contributed by atoms with Crippen LogP contribution in [-0.4, -0.2) is 22.1 Å². The molecule has 96 valence electrons. The van der Waals surface area contributed by atoms with E-state index < -0.39 is 5.97 Å². The number of rotatable bonds is 2. The number of aromatic nitrogens is 1. The second-order valence-corrected chi connectivity index (χ2v) is 5.09. The maximum absolute atomic E-state index is 11.3. The number of hydrogen-bond donors (Lipinski definition) is 3. The van der Waals surface area contributed by atoms with Gasteiger partial charge in [-0.2, -0.15) is 0 Å². The predicted octanol–water partition coefficient (Wildman–Crippen LogP) is 1.10. The van der Waals surface area contributed by atoms with Gasteiger partial charge in [0.1, 0.15) is 0 Å². The molecule has 3 rings (SSSR count). The second-order valence-electron chi connectivity index (χ2n) is 5.09. The van der Waals surface area contributed by atoms with E-state index in [-0.39, 0.29) is 18.0 Å². The van der Waals surface area contributed by atoms with Gasteiger partial charge in [-0.15, -0.1) is 0 Å². The lowest BCUT2D eigenvalue weighted by atomic mass is 9.74. The van der Waals surface area contributed by atoms with Gasteiger partial charge in [0.25, 0.3) is 0 Å². The maximum Gasteiger partial charge on any atom is 0.308 e. The number of pyridine rings is 1. The normalized spacial score (nSPS) is 35.1. The molecule has 1 aromatic heterocycles. The molecular formula is C13H17N3O2. The number of fused-ring (bicyclic) bond motifs is 1. The number of hydrazine groups is 1. The van der Waals surface area contributed by atoms with Crippen molar-refractivity contribution in [1.82, 2.24) is 15.8 Å². The summed E-state index contributed by atoms with van der Waals surface area (Å²) in [6, 6.07) is 5.99. The minimum Gasteiger partial charge on any atom is -0.481 e. The highest BCUT2D eigenvalue weighted by molar-refractivity contribution is 5.71. The summed E-state index contributed by atoms with van der Waals surface area (Å²) in [5.74, 6) is -0.666. The lowest BCUT2D eigenvalue weighted by Crippen LogP contribution is -2.43. The van der Waals surface area contributed by atoms with E-state index in [2.05, 4.69) is 15.8 Å². The first kappa shape index (κ1) is 11.6. The number of carboxylic acid groups (broad SMARTS) is 1. The largest absolute Gasteiger partial charge is 0.481 e. The van der Waals surface area contributed by atoms with Crippen LogP contribution < -0.4 is 10.9 Å². The van der Waals surface area contributed by atoms with Gasteiger partial charge in [0.2, 0.25) is 0 Å². The van der Waals surface area contributed by atoms with Crippen molar-refractivity contribution >= 4 is 5.97 Å². The Morgan fingerprint density at radius 1 is 1.33 bits per heavy atom. The maximum atomic E-state index is 11.3. The summed E-state index contributed by atoms with van der Waals surface area (Å²) in [5, 5.41) is 9.26. The molecule has 4 atom stereocenters. The average molecular weight is 247 g/mol. The van der Waals surface area contributed by atoms with Crippen LogP contribution in [-0.2, 0) is 4.79 Å². The summed E-state index contributed by atoms with van der Waals surface area (Å²) < 4.78 is 0. The molecule has 0 spiro atoms. The van der Waals surface area contributed by atoms with Crippen LogP contribution in [0.1, 0.15) is 31.0 Å². The highest BCUT2D eigenvalue weighted by Gasteiger charge is 2.45. The molecule has 1 aliphatic carbocycles. The zero-order valence-corrected chi connectivity index (χ0v) is 10.0. The van der Waals surface area contributed by atoms with E-state index in [1.165, 1.54) is 0 Å². The number of carbonyl (C=O) groups is 1. The molecule has 1 saturated carbocycles. The van der Waals surface area contributed by atoms with E-state index in [0.29, 0.717) is 5.92 Å². The lowest BCUT2D eigenvalue weighted by molar-refractivity contribution is -0.144. The van der Waals surface area contributed by atoms with Crippen molar-refractivity contribution in [3.63, 3.8) is 0 Å². The van der Waals surface area contributed by atoms with Crippen molar-refractivity contribution < 1.29 is 9.90 Å². The predicted molar refractivity (Wildman–Crippen MR) is 65.5 cm³/mol. The summed E-state index contributed by atoms with van der Waals surface area (Å²) >= 11 is 0. The molecule has 0 amide bonds. The first-order chi connectivity index (χ1) is 8.77. The fraction of sp³-hybridized carbons (Fsp3) is 0.538. The zero-order chi connectivity index (χ0) is 12.5. The van der Waals surface area contributed by atoms with Crippen LogP contribution in [0.2, 0.25) is 0 Å². The average Bonchev–Trinajstić information content (AvgIpc) is 2.83. The van der Waals surface area contributed by atoms with Crippen molar-refractivity contribution in [3.8, 4) is 0 Å². The molecule has 5 nitrogen and oxygen atoms in total. The topological polar surface area (TPSA) is 74.2 Å². The number of nitrogens with one attached hydrogen (secondary N) is 2. The Hall–Kier alpha value is -1.46. The van der Waals surface area contributed by atoms with Gasteiger partial charge in [-0.1, -0.05) is 12.5 Å². The Labute approximate surface area is 106 Å². The third kappa shape index (κ3) is 1.89. The van der Waals surface area contributed by atoms with Crippen LogP contribution in [0, 0.1) is 11.8 Å². The number of hydrogen-bond acceptors (Lipinski definition) is 4.